The second-order valence-corrected chi connectivity index (χ2v) is 7.54. The molecule has 0 unspecified atom stereocenters. The van der Waals surface area contributed by atoms with Crippen molar-refractivity contribution in [3.63, 3.8) is 0 Å². The third-order valence-corrected chi connectivity index (χ3v) is 5.02. The Morgan fingerprint density at radius 2 is 1.96 bits per heavy atom. The molecule has 0 aliphatic rings. The zero-order valence-corrected chi connectivity index (χ0v) is 15.3. The van der Waals surface area contributed by atoms with E-state index in [0.29, 0.717) is 18.7 Å². The fraction of sp³-hybridized carbons (Fsp3) is 0.562. The molecule has 1 rings (SSSR count). The molecule has 7 nitrogen and oxygen atoms in total. The SMILES string of the molecule is CCC[C@H](C)NS(=O)(=O)c1ccc(N[C@@H](C)COC)c(C(=O)O)c1. The molecule has 0 spiro atoms. The van der Waals surface area contributed by atoms with E-state index in [-0.39, 0.29) is 22.5 Å². The van der Waals surface area contributed by atoms with Gasteiger partial charge < -0.3 is 15.2 Å². The summed E-state index contributed by atoms with van der Waals surface area (Å²) in [6.45, 7) is 5.99. The van der Waals surface area contributed by atoms with Crippen LogP contribution < -0.4 is 10.0 Å². The van der Waals surface area contributed by atoms with Crippen LogP contribution in [0.1, 0.15) is 44.0 Å². The minimum Gasteiger partial charge on any atom is -0.478 e. The van der Waals surface area contributed by atoms with Gasteiger partial charge in [0.1, 0.15) is 0 Å². The molecule has 0 fully saturated rings. The summed E-state index contributed by atoms with van der Waals surface area (Å²) < 4.78 is 32.3. The number of anilines is 1. The number of benzene rings is 1. The molecule has 1 aromatic carbocycles. The van der Waals surface area contributed by atoms with Gasteiger partial charge in [-0.2, -0.15) is 0 Å². The van der Waals surface area contributed by atoms with Gasteiger partial charge in [-0.25, -0.2) is 17.9 Å². The summed E-state index contributed by atoms with van der Waals surface area (Å²) in [6, 6.07) is 3.71. The normalized spacial score (nSPS) is 14.2. The van der Waals surface area contributed by atoms with Crippen LogP contribution in [0.2, 0.25) is 0 Å². The molecular weight excluding hydrogens is 332 g/mol. The number of methoxy groups -OCH3 is 1. The predicted molar refractivity (Wildman–Crippen MR) is 93.1 cm³/mol. The van der Waals surface area contributed by atoms with Crippen LogP contribution in [0.3, 0.4) is 0 Å². The Hall–Kier alpha value is -1.64. The zero-order chi connectivity index (χ0) is 18.3. The van der Waals surface area contributed by atoms with E-state index in [1.54, 1.807) is 14.0 Å². The monoisotopic (exact) mass is 358 g/mol. The fourth-order valence-corrected chi connectivity index (χ4v) is 3.68. The maximum atomic E-state index is 12.4. The number of rotatable bonds is 10. The summed E-state index contributed by atoms with van der Waals surface area (Å²) in [5, 5.41) is 12.4. The summed E-state index contributed by atoms with van der Waals surface area (Å²) in [5.41, 5.74) is 0.261. The van der Waals surface area contributed by atoms with Crippen molar-refractivity contribution in [2.24, 2.45) is 0 Å². The van der Waals surface area contributed by atoms with Crippen molar-refractivity contribution in [1.29, 1.82) is 0 Å². The first kappa shape index (κ1) is 20.4. The molecule has 136 valence electrons. The number of nitrogens with one attached hydrogen (secondary N) is 2. The summed E-state index contributed by atoms with van der Waals surface area (Å²) in [5.74, 6) is -1.19. The molecule has 2 atom stereocenters. The highest BCUT2D eigenvalue weighted by Gasteiger charge is 2.21. The van der Waals surface area contributed by atoms with Gasteiger partial charge in [-0.05, 0) is 38.5 Å². The van der Waals surface area contributed by atoms with Crippen molar-refractivity contribution >= 4 is 21.7 Å². The molecule has 1 aromatic rings. The van der Waals surface area contributed by atoms with E-state index < -0.39 is 16.0 Å². The molecule has 0 aromatic heterocycles. The van der Waals surface area contributed by atoms with Crippen LogP contribution in [-0.4, -0.2) is 45.3 Å². The van der Waals surface area contributed by atoms with E-state index in [9.17, 15) is 18.3 Å². The Balaban J connectivity index is 3.11. The molecule has 8 heteroatoms. The van der Waals surface area contributed by atoms with E-state index in [1.165, 1.54) is 18.2 Å². The second kappa shape index (κ2) is 9.00. The van der Waals surface area contributed by atoms with Gasteiger partial charge in [-0.3, -0.25) is 0 Å². The molecule has 0 saturated carbocycles. The van der Waals surface area contributed by atoms with Gasteiger partial charge in [-0.1, -0.05) is 13.3 Å². The first-order valence-electron chi connectivity index (χ1n) is 7.86. The minimum atomic E-state index is -3.76. The molecule has 0 bridgehead atoms. The van der Waals surface area contributed by atoms with E-state index in [0.717, 1.165) is 6.42 Å². The third-order valence-electron chi connectivity index (χ3n) is 3.43. The molecule has 0 amide bonds. The van der Waals surface area contributed by atoms with Crippen LogP contribution in [0.25, 0.3) is 0 Å². The van der Waals surface area contributed by atoms with Crippen LogP contribution in [0.5, 0.6) is 0 Å². The van der Waals surface area contributed by atoms with Gasteiger partial charge in [0.25, 0.3) is 0 Å². The van der Waals surface area contributed by atoms with Crippen molar-refractivity contribution in [1.82, 2.24) is 4.72 Å². The number of hydrogen-bond acceptors (Lipinski definition) is 5. The second-order valence-electron chi connectivity index (χ2n) is 5.82. The van der Waals surface area contributed by atoms with E-state index in [1.807, 2.05) is 13.8 Å². The van der Waals surface area contributed by atoms with Crippen LogP contribution in [0.15, 0.2) is 23.1 Å². The highest BCUT2D eigenvalue weighted by Crippen LogP contribution is 2.22. The maximum absolute atomic E-state index is 12.4. The maximum Gasteiger partial charge on any atom is 0.337 e. The van der Waals surface area contributed by atoms with Crippen LogP contribution >= 0.6 is 0 Å². The molecular formula is C16H26N2O5S. The fourth-order valence-electron chi connectivity index (χ4n) is 2.38. The van der Waals surface area contributed by atoms with E-state index in [4.69, 9.17) is 4.74 Å². The number of carbonyl (C=O) groups is 1. The quantitative estimate of drug-likeness (QED) is 0.593. The molecule has 3 N–H and O–H groups in total. The smallest absolute Gasteiger partial charge is 0.337 e. The first-order chi connectivity index (χ1) is 11.2. The van der Waals surface area contributed by atoms with Crippen LogP contribution in [-0.2, 0) is 14.8 Å². The number of hydrogen-bond donors (Lipinski definition) is 3. The topological polar surface area (TPSA) is 105 Å². The molecule has 0 saturated heterocycles. The Morgan fingerprint density at radius 3 is 2.50 bits per heavy atom. The summed E-state index contributed by atoms with van der Waals surface area (Å²) >= 11 is 0. The number of sulfonamides is 1. The van der Waals surface area contributed by atoms with E-state index >= 15 is 0 Å². The Kier molecular flexibility index (Phi) is 7.65. The lowest BCUT2D eigenvalue weighted by Gasteiger charge is -2.18. The van der Waals surface area contributed by atoms with Gasteiger partial charge >= 0.3 is 5.97 Å². The lowest BCUT2D eigenvalue weighted by molar-refractivity contribution is 0.0697. The highest BCUT2D eigenvalue weighted by molar-refractivity contribution is 7.89. The summed E-state index contributed by atoms with van der Waals surface area (Å²) in [4.78, 5) is 11.4. The Bertz CT molecular complexity index is 660. The minimum absolute atomic E-state index is 0.0622. The largest absolute Gasteiger partial charge is 0.478 e. The molecule has 0 heterocycles. The molecule has 24 heavy (non-hydrogen) atoms. The summed E-state index contributed by atoms with van der Waals surface area (Å²) in [6.07, 6.45) is 1.56. The Morgan fingerprint density at radius 1 is 1.29 bits per heavy atom. The van der Waals surface area contributed by atoms with Gasteiger partial charge in [0.05, 0.1) is 17.1 Å². The van der Waals surface area contributed by atoms with Crippen LogP contribution in [0.4, 0.5) is 5.69 Å². The average Bonchev–Trinajstić information content (AvgIpc) is 2.47. The lowest BCUT2D eigenvalue weighted by Crippen LogP contribution is -2.32. The number of carboxylic acids is 1. The average molecular weight is 358 g/mol. The van der Waals surface area contributed by atoms with Crippen molar-refractivity contribution in [3.05, 3.63) is 23.8 Å². The molecule has 0 radical (unpaired) electrons. The highest BCUT2D eigenvalue weighted by atomic mass is 32.2. The van der Waals surface area contributed by atoms with E-state index in [2.05, 4.69) is 10.0 Å². The zero-order valence-electron chi connectivity index (χ0n) is 14.5. The third kappa shape index (κ3) is 5.77. The van der Waals surface area contributed by atoms with Crippen molar-refractivity contribution in [2.45, 2.75) is 50.6 Å². The van der Waals surface area contributed by atoms with Gasteiger partial charge in [0.15, 0.2) is 0 Å². The Labute approximate surface area is 143 Å². The predicted octanol–water partition coefficient (Wildman–Crippen LogP) is 2.30. The first-order valence-corrected chi connectivity index (χ1v) is 9.34. The summed E-state index contributed by atoms with van der Waals surface area (Å²) in [7, 11) is -2.21. The standard InChI is InChI=1S/C16H26N2O5S/c1-5-6-11(2)18-24(21,22)13-7-8-15(14(9-13)16(19)20)17-12(3)10-23-4/h7-9,11-12,17-18H,5-6,10H2,1-4H3,(H,19,20)/t11-,12-/m0/s1. The number of ether oxygens (including phenoxy) is 1. The van der Waals surface area contributed by atoms with Crippen molar-refractivity contribution in [2.75, 3.05) is 19.0 Å². The van der Waals surface area contributed by atoms with Gasteiger partial charge in [0, 0.05) is 24.9 Å². The van der Waals surface area contributed by atoms with Gasteiger partial charge in [-0.15, -0.1) is 0 Å². The number of aromatic carboxylic acids is 1. The van der Waals surface area contributed by atoms with Crippen molar-refractivity contribution < 1.29 is 23.1 Å². The number of carboxylic acid groups (broad SMARTS) is 1. The lowest BCUT2D eigenvalue weighted by atomic mass is 10.1. The molecule has 0 aliphatic carbocycles. The van der Waals surface area contributed by atoms with Gasteiger partial charge in [0.2, 0.25) is 10.0 Å². The van der Waals surface area contributed by atoms with Crippen LogP contribution in [0, 0.1) is 0 Å². The van der Waals surface area contributed by atoms with Crippen molar-refractivity contribution in [3.8, 4) is 0 Å². The molecule has 0 aliphatic heterocycles.